The fourth-order valence-electron chi connectivity index (χ4n) is 2.72. The van der Waals surface area contributed by atoms with Gasteiger partial charge in [0.05, 0.1) is 18.8 Å². The normalized spacial score (nSPS) is 11.1. The minimum Gasteiger partial charge on any atom is -0.477 e. The molecule has 0 aliphatic heterocycles. The zero-order valence-electron chi connectivity index (χ0n) is 17.4. The standard InChI is InChI=1S/C20H32N6O.HI/c1-5-13-27-19-18(9-7-10-22-19)15-24-20(21-6-2)23-11-8-12-26-17(4)14-16(3)25-26;/h7,9-10,14H,5-6,8,11-13,15H2,1-4H3,(H2,21,23,24);1H. The van der Waals surface area contributed by atoms with Crippen LogP contribution in [0.15, 0.2) is 29.4 Å². The topological polar surface area (TPSA) is 76.4 Å². The van der Waals surface area contributed by atoms with E-state index in [1.54, 1.807) is 6.20 Å². The van der Waals surface area contributed by atoms with Crippen LogP contribution in [0, 0.1) is 13.8 Å². The second kappa shape index (κ2) is 13.4. The van der Waals surface area contributed by atoms with E-state index in [0.29, 0.717) is 19.0 Å². The molecule has 0 saturated heterocycles. The molecule has 0 saturated carbocycles. The van der Waals surface area contributed by atoms with Crippen LogP contribution >= 0.6 is 24.0 Å². The van der Waals surface area contributed by atoms with Crippen molar-refractivity contribution in [2.45, 2.75) is 53.6 Å². The molecule has 156 valence electrons. The lowest BCUT2D eigenvalue weighted by Gasteiger charge is -2.12. The summed E-state index contributed by atoms with van der Waals surface area (Å²) in [4.78, 5) is 8.99. The molecule has 0 aliphatic carbocycles. The molecular weight excluding hydrogens is 467 g/mol. The maximum absolute atomic E-state index is 5.71. The number of aryl methyl sites for hydroxylation is 3. The fourth-order valence-corrected chi connectivity index (χ4v) is 2.72. The summed E-state index contributed by atoms with van der Waals surface area (Å²) in [6.45, 7) is 12.0. The summed E-state index contributed by atoms with van der Waals surface area (Å²) < 4.78 is 7.76. The molecule has 0 aromatic carbocycles. The summed E-state index contributed by atoms with van der Waals surface area (Å²) in [5.74, 6) is 1.47. The third kappa shape index (κ3) is 8.04. The first-order chi connectivity index (χ1) is 13.1. The predicted octanol–water partition coefficient (Wildman–Crippen LogP) is 3.45. The molecule has 2 aromatic heterocycles. The summed E-state index contributed by atoms with van der Waals surface area (Å²) >= 11 is 0. The molecule has 0 atom stereocenters. The lowest BCUT2D eigenvalue weighted by atomic mass is 10.3. The summed E-state index contributed by atoms with van der Waals surface area (Å²) in [7, 11) is 0. The highest BCUT2D eigenvalue weighted by molar-refractivity contribution is 14.0. The quantitative estimate of drug-likeness (QED) is 0.226. The molecular formula is C20H33IN6O. The molecule has 0 aliphatic rings. The van der Waals surface area contributed by atoms with E-state index in [-0.39, 0.29) is 24.0 Å². The van der Waals surface area contributed by atoms with Gasteiger partial charge in [-0.05, 0) is 45.7 Å². The van der Waals surface area contributed by atoms with Crippen molar-refractivity contribution in [1.29, 1.82) is 0 Å². The molecule has 2 rings (SSSR count). The third-order valence-electron chi connectivity index (χ3n) is 3.99. The predicted molar refractivity (Wildman–Crippen MR) is 125 cm³/mol. The van der Waals surface area contributed by atoms with Gasteiger partial charge in [0.25, 0.3) is 0 Å². The van der Waals surface area contributed by atoms with Crippen LogP contribution in [0.2, 0.25) is 0 Å². The number of pyridine rings is 1. The lowest BCUT2D eigenvalue weighted by molar-refractivity contribution is 0.302. The minimum atomic E-state index is 0. The Kier molecular flexibility index (Phi) is 11.5. The van der Waals surface area contributed by atoms with E-state index in [2.05, 4.69) is 52.5 Å². The van der Waals surface area contributed by atoms with Gasteiger partial charge >= 0.3 is 0 Å². The minimum absolute atomic E-state index is 0. The summed E-state index contributed by atoms with van der Waals surface area (Å²) in [5, 5.41) is 11.2. The lowest BCUT2D eigenvalue weighted by Crippen LogP contribution is -2.38. The second-order valence-electron chi connectivity index (χ2n) is 6.44. The molecule has 0 amide bonds. The van der Waals surface area contributed by atoms with E-state index in [0.717, 1.165) is 49.7 Å². The van der Waals surface area contributed by atoms with Gasteiger partial charge in [0.2, 0.25) is 5.88 Å². The molecule has 2 N–H and O–H groups in total. The number of nitrogens with one attached hydrogen (secondary N) is 2. The number of nitrogens with zero attached hydrogens (tertiary/aromatic N) is 4. The van der Waals surface area contributed by atoms with Crippen molar-refractivity contribution in [2.75, 3.05) is 19.7 Å². The van der Waals surface area contributed by atoms with Gasteiger partial charge in [0.1, 0.15) is 0 Å². The second-order valence-corrected chi connectivity index (χ2v) is 6.44. The molecule has 0 spiro atoms. The number of ether oxygens (including phenoxy) is 1. The molecule has 7 nitrogen and oxygen atoms in total. The van der Waals surface area contributed by atoms with Crippen LogP contribution < -0.4 is 15.4 Å². The summed E-state index contributed by atoms with van der Waals surface area (Å²) in [5.41, 5.74) is 3.25. The number of halogens is 1. The fraction of sp³-hybridized carbons (Fsp3) is 0.550. The monoisotopic (exact) mass is 500 g/mol. The van der Waals surface area contributed by atoms with Crippen molar-refractivity contribution < 1.29 is 4.74 Å². The highest BCUT2D eigenvalue weighted by Gasteiger charge is 2.05. The Labute approximate surface area is 185 Å². The van der Waals surface area contributed by atoms with Gasteiger partial charge in [-0.25, -0.2) is 9.98 Å². The number of hydrogen-bond acceptors (Lipinski definition) is 4. The van der Waals surface area contributed by atoms with Gasteiger partial charge in [-0.2, -0.15) is 5.10 Å². The van der Waals surface area contributed by atoms with Crippen molar-refractivity contribution in [1.82, 2.24) is 25.4 Å². The largest absolute Gasteiger partial charge is 0.477 e. The van der Waals surface area contributed by atoms with E-state index < -0.39 is 0 Å². The highest BCUT2D eigenvalue weighted by atomic mass is 127. The number of aromatic nitrogens is 3. The van der Waals surface area contributed by atoms with Crippen LogP contribution in [0.1, 0.15) is 43.6 Å². The average Bonchev–Trinajstić information content (AvgIpc) is 2.99. The Bertz CT molecular complexity index is 731. The molecule has 8 heteroatoms. The number of aliphatic imine (C=N–C) groups is 1. The Morgan fingerprint density at radius 2 is 2.07 bits per heavy atom. The first-order valence-electron chi connectivity index (χ1n) is 9.74. The van der Waals surface area contributed by atoms with Crippen LogP contribution in [-0.2, 0) is 13.1 Å². The van der Waals surface area contributed by atoms with Crippen LogP contribution in [0.3, 0.4) is 0 Å². The van der Waals surface area contributed by atoms with Crippen molar-refractivity contribution >= 4 is 29.9 Å². The first kappa shape index (κ1) is 24.2. The van der Waals surface area contributed by atoms with E-state index in [1.807, 2.05) is 23.7 Å². The average molecular weight is 500 g/mol. The number of rotatable bonds is 10. The van der Waals surface area contributed by atoms with Crippen LogP contribution in [0.25, 0.3) is 0 Å². The number of guanidine groups is 1. The van der Waals surface area contributed by atoms with Gasteiger partial charge in [0, 0.05) is 37.1 Å². The molecule has 0 bridgehead atoms. The van der Waals surface area contributed by atoms with Gasteiger partial charge in [-0.3, -0.25) is 4.68 Å². The molecule has 2 aromatic rings. The molecule has 0 unspecified atom stereocenters. The zero-order chi connectivity index (χ0) is 19.5. The van der Waals surface area contributed by atoms with Crippen LogP contribution in [0.5, 0.6) is 5.88 Å². The van der Waals surface area contributed by atoms with Crippen molar-refractivity contribution in [3.63, 3.8) is 0 Å². The van der Waals surface area contributed by atoms with Gasteiger partial charge in [-0.15, -0.1) is 24.0 Å². The zero-order valence-corrected chi connectivity index (χ0v) is 19.7. The van der Waals surface area contributed by atoms with E-state index in [4.69, 9.17) is 4.74 Å². The Morgan fingerprint density at radius 3 is 2.75 bits per heavy atom. The highest BCUT2D eigenvalue weighted by Crippen LogP contribution is 2.15. The molecule has 28 heavy (non-hydrogen) atoms. The van der Waals surface area contributed by atoms with E-state index >= 15 is 0 Å². The summed E-state index contributed by atoms with van der Waals surface area (Å²) in [6.07, 6.45) is 3.68. The van der Waals surface area contributed by atoms with Crippen LogP contribution in [-0.4, -0.2) is 40.4 Å². The van der Waals surface area contributed by atoms with Gasteiger partial charge < -0.3 is 15.4 Å². The van der Waals surface area contributed by atoms with Crippen molar-refractivity contribution in [2.24, 2.45) is 4.99 Å². The van der Waals surface area contributed by atoms with Crippen molar-refractivity contribution in [3.8, 4) is 5.88 Å². The van der Waals surface area contributed by atoms with Gasteiger partial charge in [0.15, 0.2) is 5.96 Å². The van der Waals surface area contributed by atoms with E-state index in [1.165, 1.54) is 5.69 Å². The van der Waals surface area contributed by atoms with E-state index in [9.17, 15) is 0 Å². The molecule has 2 heterocycles. The maximum atomic E-state index is 5.71. The van der Waals surface area contributed by atoms with Crippen LogP contribution in [0.4, 0.5) is 0 Å². The maximum Gasteiger partial charge on any atom is 0.218 e. The third-order valence-corrected chi connectivity index (χ3v) is 3.99. The van der Waals surface area contributed by atoms with Gasteiger partial charge in [-0.1, -0.05) is 13.0 Å². The molecule has 0 fully saturated rings. The SMILES string of the molecule is CCCOc1ncccc1CN=C(NCC)NCCCn1nc(C)cc1C.I. The Morgan fingerprint density at radius 1 is 1.25 bits per heavy atom. The first-order valence-corrected chi connectivity index (χ1v) is 9.74. The smallest absolute Gasteiger partial charge is 0.218 e. The Hall–Kier alpha value is -1.84. The Balaban J connectivity index is 0.00000392. The summed E-state index contributed by atoms with van der Waals surface area (Å²) in [6, 6.07) is 6.03. The number of hydrogen-bond donors (Lipinski definition) is 2. The molecule has 0 radical (unpaired) electrons. The van der Waals surface area contributed by atoms with Crippen molar-refractivity contribution in [3.05, 3.63) is 41.3 Å².